The highest BCUT2D eigenvalue weighted by Crippen LogP contribution is 2.22. The molecule has 2 rings (SSSR count). The van der Waals surface area contributed by atoms with Crippen LogP contribution >= 0.6 is 0 Å². The summed E-state index contributed by atoms with van der Waals surface area (Å²) in [5, 5.41) is 17.9. The van der Waals surface area contributed by atoms with Crippen LogP contribution in [-0.2, 0) is 13.6 Å². The molecule has 1 heterocycles. The second kappa shape index (κ2) is 4.87. The monoisotopic (exact) mass is 246 g/mol. The van der Waals surface area contributed by atoms with Crippen LogP contribution in [0, 0.1) is 17.0 Å². The summed E-state index contributed by atoms with van der Waals surface area (Å²) in [6, 6.07) is 7.89. The Bertz CT molecular complexity index is 577. The SMILES string of the molecule is Cc1ccccc1CNc1nn(C)cc1[N+](=O)[O-]. The molecule has 2 aromatic rings. The summed E-state index contributed by atoms with van der Waals surface area (Å²) in [4.78, 5) is 10.4. The average Bonchev–Trinajstić information content (AvgIpc) is 2.70. The van der Waals surface area contributed by atoms with Crippen LogP contribution in [0.3, 0.4) is 0 Å². The number of nitro groups is 1. The van der Waals surface area contributed by atoms with Gasteiger partial charge in [0.1, 0.15) is 6.20 Å². The average molecular weight is 246 g/mol. The first-order valence-electron chi connectivity index (χ1n) is 5.54. The van der Waals surface area contributed by atoms with Crippen molar-refractivity contribution in [3.05, 3.63) is 51.7 Å². The van der Waals surface area contributed by atoms with E-state index in [2.05, 4.69) is 10.4 Å². The minimum absolute atomic E-state index is 0.00826. The van der Waals surface area contributed by atoms with Gasteiger partial charge in [0.15, 0.2) is 0 Å². The molecule has 0 unspecified atom stereocenters. The van der Waals surface area contributed by atoms with Crippen LogP contribution in [0.15, 0.2) is 30.5 Å². The number of hydrogen-bond acceptors (Lipinski definition) is 4. The Morgan fingerprint density at radius 1 is 1.44 bits per heavy atom. The maximum absolute atomic E-state index is 10.8. The topological polar surface area (TPSA) is 73.0 Å². The van der Waals surface area contributed by atoms with Crippen molar-refractivity contribution in [2.75, 3.05) is 5.32 Å². The quantitative estimate of drug-likeness (QED) is 0.663. The molecular weight excluding hydrogens is 232 g/mol. The molecule has 0 saturated heterocycles. The van der Waals surface area contributed by atoms with E-state index in [1.54, 1.807) is 7.05 Å². The predicted octanol–water partition coefficient (Wildman–Crippen LogP) is 2.25. The van der Waals surface area contributed by atoms with Gasteiger partial charge >= 0.3 is 5.69 Å². The van der Waals surface area contributed by atoms with Crippen molar-refractivity contribution in [2.45, 2.75) is 13.5 Å². The predicted molar refractivity (Wildman–Crippen MR) is 68.4 cm³/mol. The van der Waals surface area contributed by atoms with E-state index in [1.807, 2.05) is 31.2 Å². The first kappa shape index (κ1) is 12.1. The van der Waals surface area contributed by atoms with Gasteiger partial charge in [-0.05, 0) is 18.1 Å². The van der Waals surface area contributed by atoms with E-state index in [0.29, 0.717) is 12.4 Å². The highest BCUT2D eigenvalue weighted by Gasteiger charge is 2.17. The van der Waals surface area contributed by atoms with Crippen molar-refractivity contribution in [3.63, 3.8) is 0 Å². The van der Waals surface area contributed by atoms with Crippen molar-refractivity contribution >= 4 is 11.5 Å². The van der Waals surface area contributed by atoms with Crippen LogP contribution in [0.4, 0.5) is 11.5 Å². The summed E-state index contributed by atoms with van der Waals surface area (Å²) < 4.78 is 1.43. The van der Waals surface area contributed by atoms with Crippen LogP contribution < -0.4 is 5.32 Å². The standard InChI is InChI=1S/C12H14N4O2/c1-9-5-3-4-6-10(9)7-13-12-11(16(17)18)8-15(2)14-12/h3-6,8H,7H2,1-2H3,(H,13,14). The lowest BCUT2D eigenvalue weighted by molar-refractivity contribution is -0.384. The minimum atomic E-state index is -0.437. The molecule has 0 spiro atoms. The van der Waals surface area contributed by atoms with Gasteiger partial charge in [0.05, 0.1) is 4.92 Å². The molecular formula is C12H14N4O2. The van der Waals surface area contributed by atoms with Gasteiger partial charge in [-0.15, -0.1) is 5.10 Å². The number of anilines is 1. The summed E-state index contributed by atoms with van der Waals surface area (Å²) in [6.45, 7) is 2.52. The fourth-order valence-electron chi connectivity index (χ4n) is 1.72. The molecule has 0 aliphatic carbocycles. The maximum atomic E-state index is 10.8. The molecule has 0 aliphatic heterocycles. The van der Waals surface area contributed by atoms with Crippen molar-refractivity contribution < 1.29 is 4.92 Å². The lowest BCUT2D eigenvalue weighted by Gasteiger charge is -2.06. The smallest absolute Gasteiger partial charge is 0.330 e. The lowest BCUT2D eigenvalue weighted by atomic mass is 10.1. The molecule has 0 radical (unpaired) electrons. The summed E-state index contributed by atoms with van der Waals surface area (Å²) >= 11 is 0. The zero-order valence-electron chi connectivity index (χ0n) is 10.3. The summed E-state index contributed by atoms with van der Waals surface area (Å²) in [5.74, 6) is 0.297. The molecule has 18 heavy (non-hydrogen) atoms. The van der Waals surface area contributed by atoms with E-state index >= 15 is 0 Å². The van der Waals surface area contributed by atoms with Crippen LogP contribution in [0.25, 0.3) is 0 Å². The molecule has 0 fully saturated rings. The fraction of sp³-hybridized carbons (Fsp3) is 0.250. The molecule has 6 nitrogen and oxygen atoms in total. The van der Waals surface area contributed by atoms with Gasteiger partial charge in [-0.25, -0.2) is 0 Å². The third-order valence-corrected chi connectivity index (χ3v) is 2.71. The Morgan fingerprint density at radius 2 is 2.17 bits per heavy atom. The summed E-state index contributed by atoms with van der Waals surface area (Å²) in [5.41, 5.74) is 2.23. The lowest BCUT2D eigenvalue weighted by Crippen LogP contribution is -2.03. The van der Waals surface area contributed by atoms with Crippen molar-refractivity contribution in [1.29, 1.82) is 0 Å². The van der Waals surface area contributed by atoms with E-state index < -0.39 is 4.92 Å². The molecule has 1 aromatic carbocycles. The Labute approximate surface area is 104 Å². The molecule has 6 heteroatoms. The minimum Gasteiger partial charge on any atom is -0.359 e. The zero-order valence-corrected chi connectivity index (χ0v) is 10.3. The van der Waals surface area contributed by atoms with Gasteiger partial charge in [-0.3, -0.25) is 14.8 Å². The molecule has 0 saturated carbocycles. The zero-order chi connectivity index (χ0) is 13.1. The Kier molecular flexibility index (Phi) is 3.27. The normalized spacial score (nSPS) is 10.3. The summed E-state index contributed by atoms with van der Waals surface area (Å²) in [7, 11) is 1.66. The molecule has 1 N–H and O–H groups in total. The van der Waals surface area contributed by atoms with Gasteiger partial charge in [-0.1, -0.05) is 24.3 Å². The van der Waals surface area contributed by atoms with Crippen molar-refractivity contribution in [2.24, 2.45) is 7.05 Å². The van der Waals surface area contributed by atoms with Gasteiger partial charge in [0, 0.05) is 13.6 Å². The number of rotatable bonds is 4. The highest BCUT2D eigenvalue weighted by atomic mass is 16.6. The number of nitrogens with zero attached hydrogens (tertiary/aromatic N) is 3. The summed E-state index contributed by atoms with van der Waals surface area (Å²) in [6.07, 6.45) is 1.39. The Balaban J connectivity index is 2.16. The maximum Gasteiger partial charge on any atom is 0.330 e. The van der Waals surface area contributed by atoms with Crippen LogP contribution in [0.5, 0.6) is 0 Å². The molecule has 0 bridgehead atoms. The largest absolute Gasteiger partial charge is 0.359 e. The van der Waals surface area contributed by atoms with Crippen LogP contribution in [-0.4, -0.2) is 14.7 Å². The first-order chi connectivity index (χ1) is 8.58. The number of aromatic nitrogens is 2. The third-order valence-electron chi connectivity index (χ3n) is 2.71. The van der Waals surface area contributed by atoms with Gasteiger partial charge in [-0.2, -0.15) is 0 Å². The van der Waals surface area contributed by atoms with Gasteiger partial charge in [0.25, 0.3) is 0 Å². The molecule has 0 amide bonds. The molecule has 0 atom stereocenters. The highest BCUT2D eigenvalue weighted by molar-refractivity contribution is 5.54. The second-order valence-corrected chi connectivity index (χ2v) is 4.07. The Hall–Kier alpha value is -2.37. The first-order valence-corrected chi connectivity index (χ1v) is 5.54. The molecule has 0 aliphatic rings. The number of nitrogens with one attached hydrogen (secondary N) is 1. The van der Waals surface area contributed by atoms with E-state index in [4.69, 9.17) is 0 Å². The second-order valence-electron chi connectivity index (χ2n) is 4.07. The van der Waals surface area contributed by atoms with Crippen molar-refractivity contribution in [1.82, 2.24) is 9.78 Å². The number of aryl methyl sites for hydroxylation is 2. The fourth-order valence-corrected chi connectivity index (χ4v) is 1.72. The van der Waals surface area contributed by atoms with Crippen LogP contribution in [0.2, 0.25) is 0 Å². The van der Waals surface area contributed by atoms with E-state index in [0.717, 1.165) is 11.1 Å². The van der Waals surface area contributed by atoms with Gasteiger partial charge in [0.2, 0.25) is 5.82 Å². The van der Waals surface area contributed by atoms with E-state index in [9.17, 15) is 10.1 Å². The third kappa shape index (κ3) is 2.48. The number of hydrogen-bond donors (Lipinski definition) is 1. The van der Waals surface area contributed by atoms with Crippen LogP contribution in [0.1, 0.15) is 11.1 Å². The number of benzene rings is 1. The molecule has 1 aromatic heterocycles. The van der Waals surface area contributed by atoms with E-state index in [-0.39, 0.29) is 5.69 Å². The van der Waals surface area contributed by atoms with Crippen molar-refractivity contribution in [3.8, 4) is 0 Å². The van der Waals surface area contributed by atoms with E-state index in [1.165, 1.54) is 10.9 Å². The Morgan fingerprint density at radius 3 is 2.83 bits per heavy atom. The molecule has 94 valence electrons. The van der Waals surface area contributed by atoms with Gasteiger partial charge < -0.3 is 5.32 Å².